The highest BCUT2D eigenvalue weighted by atomic mass is 32.2. The van der Waals surface area contributed by atoms with Gasteiger partial charge in [0.05, 0.1) is 19.1 Å². The molecule has 2 aromatic rings. The number of unbranched alkanes of at least 4 members (excludes halogenated alkanes) is 2. The molecule has 3 nitrogen and oxygen atoms in total. The van der Waals surface area contributed by atoms with E-state index in [0.29, 0.717) is 59.7 Å². The number of alkyl halides is 2. The molecule has 8 heteroatoms. The molecule has 2 aromatic carbocycles. The Morgan fingerprint density at radius 2 is 1.55 bits per heavy atom. The Kier molecular flexibility index (Phi) is 12.0. The van der Waals surface area contributed by atoms with Crippen molar-refractivity contribution < 1.29 is 31.8 Å². The fraction of sp³-hybridized carbons (Fsp3) is 0.667. The first-order chi connectivity index (χ1) is 21.3. The number of hydrogen-bond acceptors (Lipinski definition) is 4. The SMILES string of the molecule is CCCCCC1CCC(C2COC(c3ccc(C4CCC(C(F)(F)Oc5ccc(SCC)c(F)c5)CC4)c(F)c3)OC2)CC1. The van der Waals surface area contributed by atoms with Crippen LogP contribution in [0.4, 0.5) is 17.6 Å². The lowest BCUT2D eigenvalue weighted by molar-refractivity contribution is -0.222. The van der Waals surface area contributed by atoms with Crippen LogP contribution in [-0.2, 0) is 9.47 Å². The lowest BCUT2D eigenvalue weighted by Gasteiger charge is -2.38. The molecule has 0 aromatic heterocycles. The second-order valence-corrected chi connectivity index (χ2v) is 14.4. The fourth-order valence-electron chi connectivity index (χ4n) is 7.43. The van der Waals surface area contributed by atoms with E-state index in [1.165, 1.54) is 81.3 Å². The standard InChI is InChI=1S/C36H48F4O3S/c1-3-5-6-7-24-8-10-25(11-9-24)28-22-41-35(42-23-28)27-14-18-31(32(37)20-27)26-12-15-29(16-13-26)36(39,40)43-30-17-19-34(44-4-2)33(38)21-30/h14,17-21,24-26,28-29,35H,3-13,15-16,22-23H2,1-2H3. The van der Waals surface area contributed by atoms with Gasteiger partial charge in [-0.1, -0.05) is 64.5 Å². The molecule has 0 radical (unpaired) electrons. The summed E-state index contributed by atoms with van der Waals surface area (Å²) in [6.07, 6.45) is 7.66. The Morgan fingerprint density at radius 1 is 0.818 bits per heavy atom. The van der Waals surface area contributed by atoms with E-state index in [4.69, 9.17) is 14.2 Å². The molecule has 0 N–H and O–H groups in total. The van der Waals surface area contributed by atoms with Crippen LogP contribution >= 0.6 is 11.8 Å². The van der Waals surface area contributed by atoms with Gasteiger partial charge in [0.15, 0.2) is 6.29 Å². The third-order valence-corrected chi connectivity index (χ3v) is 11.0. The zero-order valence-electron chi connectivity index (χ0n) is 26.2. The summed E-state index contributed by atoms with van der Waals surface area (Å²) in [6, 6.07) is 8.99. The minimum atomic E-state index is -3.43. The van der Waals surface area contributed by atoms with E-state index in [0.717, 1.165) is 12.0 Å². The monoisotopic (exact) mass is 636 g/mol. The Balaban J connectivity index is 1.08. The summed E-state index contributed by atoms with van der Waals surface area (Å²) in [6.45, 7) is 5.42. The van der Waals surface area contributed by atoms with Gasteiger partial charge in [-0.25, -0.2) is 8.78 Å². The lowest BCUT2D eigenvalue weighted by atomic mass is 9.74. The molecule has 2 aliphatic carbocycles. The minimum Gasteiger partial charge on any atom is -0.432 e. The van der Waals surface area contributed by atoms with Crippen molar-refractivity contribution in [1.82, 2.24) is 0 Å². The van der Waals surface area contributed by atoms with Crippen molar-refractivity contribution in [3.8, 4) is 5.75 Å². The quantitative estimate of drug-likeness (QED) is 0.132. The van der Waals surface area contributed by atoms with Gasteiger partial charge >= 0.3 is 6.11 Å². The number of ether oxygens (including phenoxy) is 3. The largest absolute Gasteiger partial charge is 0.432 e. The lowest BCUT2D eigenvalue weighted by Crippen LogP contribution is -2.37. The molecule has 3 aliphatic rings. The summed E-state index contributed by atoms with van der Waals surface area (Å²) in [5.74, 6) is 0.339. The first kappa shape index (κ1) is 33.6. The van der Waals surface area contributed by atoms with Gasteiger partial charge < -0.3 is 14.2 Å². The van der Waals surface area contributed by atoms with Crippen molar-refractivity contribution in [3.63, 3.8) is 0 Å². The summed E-state index contributed by atoms with van der Waals surface area (Å²) in [5, 5.41) is 0. The second kappa shape index (κ2) is 15.7. The maximum atomic E-state index is 15.3. The molecule has 0 amide bonds. The summed E-state index contributed by atoms with van der Waals surface area (Å²) in [7, 11) is 0. The normalized spacial score (nSPS) is 28.1. The molecule has 1 aliphatic heterocycles. The van der Waals surface area contributed by atoms with Gasteiger partial charge in [0.25, 0.3) is 0 Å². The summed E-state index contributed by atoms with van der Waals surface area (Å²) in [4.78, 5) is 0.410. The number of benzene rings is 2. The molecule has 0 unspecified atom stereocenters. The van der Waals surface area contributed by atoms with Gasteiger partial charge in [0.1, 0.15) is 17.4 Å². The van der Waals surface area contributed by atoms with E-state index in [2.05, 4.69) is 6.92 Å². The van der Waals surface area contributed by atoms with Crippen LogP contribution < -0.4 is 4.74 Å². The van der Waals surface area contributed by atoms with Gasteiger partial charge in [-0.15, -0.1) is 11.8 Å². The van der Waals surface area contributed by atoms with Crippen LogP contribution in [-0.4, -0.2) is 25.1 Å². The van der Waals surface area contributed by atoms with Crippen LogP contribution in [0.25, 0.3) is 0 Å². The average molecular weight is 637 g/mol. The van der Waals surface area contributed by atoms with E-state index in [9.17, 15) is 4.39 Å². The maximum absolute atomic E-state index is 15.3. The molecule has 0 atom stereocenters. The Labute approximate surface area is 264 Å². The predicted molar refractivity (Wildman–Crippen MR) is 167 cm³/mol. The van der Waals surface area contributed by atoms with E-state index in [-0.39, 0.29) is 30.3 Å². The van der Waals surface area contributed by atoms with Crippen molar-refractivity contribution in [3.05, 3.63) is 59.2 Å². The smallest absolute Gasteiger partial charge is 0.400 e. The molecule has 5 rings (SSSR count). The van der Waals surface area contributed by atoms with Crippen LogP contribution in [0, 0.1) is 35.3 Å². The third-order valence-electron chi connectivity index (χ3n) is 10.1. The number of rotatable bonds is 12. The van der Waals surface area contributed by atoms with Crippen molar-refractivity contribution in [2.24, 2.45) is 23.7 Å². The highest BCUT2D eigenvalue weighted by Crippen LogP contribution is 2.45. The van der Waals surface area contributed by atoms with Gasteiger partial charge in [0.2, 0.25) is 0 Å². The van der Waals surface area contributed by atoms with Crippen LogP contribution in [0.1, 0.15) is 114 Å². The van der Waals surface area contributed by atoms with Crippen LogP contribution in [0.3, 0.4) is 0 Å². The topological polar surface area (TPSA) is 27.7 Å². The van der Waals surface area contributed by atoms with Gasteiger partial charge in [-0.3, -0.25) is 0 Å². The highest BCUT2D eigenvalue weighted by molar-refractivity contribution is 7.99. The minimum absolute atomic E-state index is 0.145. The first-order valence-corrected chi connectivity index (χ1v) is 17.8. The zero-order chi connectivity index (χ0) is 31.1. The van der Waals surface area contributed by atoms with E-state index < -0.39 is 24.1 Å². The molecular formula is C36H48F4O3S. The summed E-state index contributed by atoms with van der Waals surface area (Å²) in [5.41, 5.74) is 1.21. The van der Waals surface area contributed by atoms with E-state index in [1.54, 1.807) is 6.07 Å². The first-order valence-electron chi connectivity index (χ1n) is 16.8. The molecule has 44 heavy (non-hydrogen) atoms. The van der Waals surface area contributed by atoms with Crippen LogP contribution in [0.5, 0.6) is 5.75 Å². The molecule has 3 fully saturated rings. The van der Waals surface area contributed by atoms with Crippen LogP contribution in [0.2, 0.25) is 0 Å². The van der Waals surface area contributed by atoms with Gasteiger partial charge in [-0.05, 0) is 85.8 Å². The Hall–Kier alpha value is -1.77. The third kappa shape index (κ3) is 8.52. The molecule has 1 heterocycles. The van der Waals surface area contributed by atoms with Gasteiger partial charge in [-0.2, -0.15) is 8.78 Å². The van der Waals surface area contributed by atoms with Crippen LogP contribution in [0.15, 0.2) is 41.3 Å². The molecule has 0 spiro atoms. The number of thioether (sulfide) groups is 1. The number of hydrogen-bond donors (Lipinski definition) is 0. The van der Waals surface area contributed by atoms with Crippen molar-refractivity contribution >= 4 is 11.8 Å². The molecule has 2 saturated carbocycles. The fourth-order valence-corrected chi connectivity index (χ4v) is 8.11. The second-order valence-electron chi connectivity index (χ2n) is 13.1. The highest BCUT2D eigenvalue weighted by Gasteiger charge is 2.44. The summed E-state index contributed by atoms with van der Waals surface area (Å²) < 4.78 is 76.8. The van der Waals surface area contributed by atoms with E-state index >= 15 is 13.2 Å². The Morgan fingerprint density at radius 3 is 2.18 bits per heavy atom. The molecular weight excluding hydrogens is 588 g/mol. The predicted octanol–water partition coefficient (Wildman–Crippen LogP) is 11.1. The van der Waals surface area contributed by atoms with Crippen molar-refractivity contribution in [2.75, 3.05) is 19.0 Å². The maximum Gasteiger partial charge on any atom is 0.400 e. The number of halogens is 4. The van der Waals surface area contributed by atoms with E-state index in [1.807, 2.05) is 13.0 Å². The molecule has 244 valence electrons. The molecule has 0 bridgehead atoms. The summed E-state index contributed by atoms with van der Waals surface area (Å²) >= 11 is 1.31. The van der Waals surface area contributed by atoms with Gasteiger partial charge in [0, 0.05) is 22.4 Å². The zero-order valence-corrected chi connectivity index (χ0v) is 27.0. The Bertz CT molecular complexity index is 1190. The van der Waals surface area contributed by atoms with Crippen molar-refractivity contribution in [2.45, 2.75) is 114 Å². The van der Waals surface area contributed by atoms with Crippen molar-refractivity contribution in [1.29, 1.82) is 0 Å². The average Bonchev–Trinajstić information content (AvgIpc) is 3.03. The molecule has 1 saturated heterocycles.